The second kappa shape index (κ2) is 11.2. The van der Waals surface area contributed by atoms with Gasteiger partial charge in [0.1, 0.15) is 11.9 Å². The predicted octanol–water partition coefficient (Wildman–Crippen LogP) is 5.86. The SMILES string of the molecule is CCOC(=O)C1=C(CN2CCCCC2)NC2=C(C(=O)OC(c3c(C)cc(C)cc3F)C2)C1c1cccc2[nH]ccc12. The summed E-state index contributed by atoms with van der Waals surface area (Å²) in [6, 6.07) is 11.2. The van der Waals surface area contributed by atoms with E-state index in [2.05, 4.69) is 15.2 Å². The van der Waals surface area contributed by atoms with Crippen molar-refractivity contribution in [3.05, 3.63) is 93.2 Å². The van der Waals surface area contributed by atoms with E-state index in [1.165, 1.54) is 12.5 Å². The number of benzene rings is 2. The van der Waals surface area contributed by atoms with Crippen LogP contribution in [-0.2, 0) is 19.1 Å². The number of carbonyl (C=O) groups excluding carboxylic acids is 2. The Balaban J connectivity index is 1.51. The number of likely N-dealkylation sites (tertiary alicyclic amines) is 1. The Morgan fingerprint density at radius 2 is 1.95 bits per heavy atom. The van der Waals surface area contributed by atoms with E-state index in [0.717, 1.165) is 59.2 Å². The van der Waals surface area contributed by atoms with Gasteiger partial charge in [0.15, 0.2) is 0 Å². The monoisotopic (exact) mass is 557 g/mol. The number of carbonyl (C=O) groups is 2. The van der Waals surface area contributed by atoms with Crippen LogP contribution in [0.15, 0.2) is 65.1 Å². The van der Waals surface area contributed by atoms with Crippen molar-refractivity contribution in [2.45, 2.75) is 58.5 Å². The zero-order valence-corrected chi connectivity index (χ0v) is 23.8. The van der Waals surface area contributed by atoms with Gasteiger partial charge in [0.25, 0.3) is 0 Å². The van der Waals surface area contributed by atoms with Gasteiger partial charge >= 0.3 is 11.9 Å². The van der Waals surface area contributed by atoms with Crippen LogP contribution in [0.4, 0.5) is 4.39 Å². The van der Waals surface area contributed by atoms with Crippen LogP contribution >= 0.6 is 0 Å². The molecule has 1 fully saturated rings. The molecule has 6 rings (SSSR count). The molecule has 3 aromatic rings. The van der Waals surface area contributed by atoms with E-state index in [9.17, 15) is 9.59 Å². The van der Waals surface area contributed by atoms with Crippen LogP contribution in [0.3, 0.4) is 0 Å². The molecule has 0 aliphatic carbocycles. The van der Waals surface area contributed by atoms with E-state index in [1.807, 2.05) is 50.4 Å². The molecule has 2 N–H and O–H groups in total. The number of cyclic esters (lactones) is 1. The highest BCUT2D eigenvalue weighted by Gasteiger charge is 2.44. The quantitative estimate of drug-likeness (QED) is 0.370. The van der Waals surface area contributed by atoms with Gasteiger partial charge in [-0.15, -0.1) is 0 Å². The average molecular weight is 558 g/mol. The first-order valence-corrected chi connectivity index (χ1v) is 14.5. The van der Waals surface area contributed by atoms with Crippen molar-refractivity contribution in [2.75, 3.05) is 26.2 Å². The number of H-pyrrole nitrogens is 1. The molecule has 3 aliphatic rings. The number of nitrogens with one attached hydrogen (secondary N) is 2. The van der Waals surface area contributed by atoms with E-state index < -0.39 is 24.0 Å². The highest BCUT2D eigenvalue weighted by molar-refractivity contribution is 6.02. The van der Waals surface area contributed by atoms with Crippen molar-refractivity contribution < 1.29 is 23.5 Å². The van der Waals surface area contributed by atoms with Gasteiger partial charge in [-0.25, -0.2) is 14.0 Å². The van der Waals surface area contributed by atoms with Crippen molar-refractivity contribution in [2.24, 2.45) is 0 Å². The fourth-order valence-corrected chi connectivity index (χ4v) is 6.72. The van der Waals surface area contributed by atoms with E-state index in [4.69, 9.17) is 9.47 Å². The lowest BCUT2D eigenvalue weighted by atomic mass is 9.77. The van der Waals surface area contributed by atoms with Gasteiger partial charge in [0, 0.05) is 47.0 Å². The number of piperidine rings is 1. The lowest BCUT2D eigenvalue weighted by Gasteiger charge is -2.39. The molecule has 41 heavy (non-hydrogen) atoms. The fourth-order valence-electron chi connectivity index (χ4n) is 6.72. The van der Waals surface area contributed by atoms with Crippen LogP contribution < -0.4 is 5.32 Å². The molecule has 2 atom stereocenters. The molecule has 0 bridgehead atoms. The minimum atomic E-state index is -0.779. The van der Waals surface area contributed by atoms with E-state index >= 15 is 4.39 Å². The van der Waals surface area contributed by atoms with Gasteiger partial charge in [0.05, 0.1) is 23.7 Å². The van der Waals surface area contributed by atoms with Crippen LogP contribution in [0.25, 0.3) is 10.9 Å². The van der Waals surface area contributed by atoms with Crippen LogP contribution in [0.1, 0.15) is 66.9 Å². The number of dihydropyridines is 1. The van der Waals surface area contributed by atoms with Crippen LogP contribution in [-0.4, -0.2) is 48.1 Å². The number of aromatic nitrogens is 1. The second-order valence-corrected chi connectivity index (χ2v) is 11.3. The van der Waals surface area contributed by atoms with E-state index in [1.54, 1.807) is 6.92 Å². The molecule has 1 saturated heterocycles. The summed E-state index contributed by atoms with van der Waals surface area (Å²) in [5.41, 5.74) is 5.88. The summed E-state index contributed by atoms with van der Waals surface area (Å²) in [5.74, 6) is -2.09. The summed E-state index contributed by atoms with van der Waals surface area (Å²) in [4.78, 5) is 33.3. The number of hydrogen-bond donors (Lipinski definition) is 2. The van der Waals surface area contributed by atoms with Crippen LogP contribution in [0.2, 0.25) is 0 Å². The summed E-state index contributed by atoms with van der Waals surface area (Å²) in [6.07, 6.45) is 4.74. The maximum absolute atomic E-state index is 15.3. The first kappa shape index (κ1) is 27.3. The normalized spacial score (nSPS) is 21.5. The number of esters is 2. The highest BCUT2D eigenvalue weighted by atomic mass is 19.1. The molecular weight excluding hydrogens is 521 g/mol. The molecule has 4 heterocycles. The molecular formula is C33H36FN3O4. The zero-order valence-electron chi connectivity index (χ0n) is 23.8. The molecule has 8 heteroatoms. The average Bonchev–Trinajstić information content (AvgIpc) is 3.42. The lowest BCUT2D eigenvalue weighted by molar-refractivity contribution is -0.147. The van der Waals surface area contributed by atoms with Crippen LogP contribution in [0.5, 0.6) is 0 Å². The number of aryl methyl sites for hydroxylation is 2. The number of ether oxygens (including phenoxy) is 2. The second-order valence-electron chi connectivity index (χ2n) is 11.3. The molecule has 0 radical (unpaired) electrons. The van der Waals surface area contributed by atoms with Crippen molar-refractivity contribution in [3.8, 4) is 0 Å². The molecule has 7 nitrogen and oxygen atoms in total. The Bertz CT molecular complexity index is 1560. The molecule has 0 spiro atoms. The number of nitrogens with zero attached hydrogens (tertiary/aromatic N) is 1. The third-order valence-corrected chi connectivity index (χ3v) is 8.46. The topological polar surface area (TPSA) is 83.7 Å². The molecule has 2 aromatic carbocycles. The maximum Gasteiger partial charge on any atom is 0.337 e. The minimum absolute atomic E-state index is 0.213. The smallest absolute Gasteiger partial charge is 0.337 e. The van der Waals surface area contributed by atoms with Gasteiger partial charge in [-0.1, -0.05) is 24.6 Å². The Labute approximate surface area is 239 Å². The fraction of sp³-hybridized carbons (Fsp3) is 0.394. The lowest BCUT2D eigenvalue weighted by Crippen LogP contribution is -2.42. The largest absolute Gasteiger partial charge is 0.463 e. The van der Waals surface area contributed by atoms with Crippen molar-refractivity contribution in [1.29, 1.82) is 0 Å². The first-order chi connectivity index (χ1) is 19.9. The number of rotatable bonds is 6. The standard InChI is InChI=1S/C33H36FN3O4/c1-4-40-32(38)31-26(18-37-13-6-5-7-14-37)36-25-17-27(28-20(3)15-19(2)16-23(28)34)41-33(39)30(25)29(31)22-9-8-10-24-21(22)11-12-35-24/h8-12,15-16,27,29,35-36H,4-7,13-14,17-18H2,1-3H3. The molecule has 0 saturated carbocycles. The van der Waals surface area contributed by atoms with Crippen LogP contribution in [0, 0.1) is 19.7 Å². The van der Waals surface area contributed by atoms with Gasteiger partial charge in [-0.05, 0) is 81.6 Å². The Kier molecular flexibility index (Phi) is 7.43. The van der Waals surface area contributed by atoms with E-state index in [-0.39, 0.29) is 18.8 Å². The summed E-state index contributed by atoms with van der Waals surface area (Å²) in [7, 11) is 0. The van der Waals surface area contributed by atoms with Gasteiger partial charge in [-0.2, -0.15) is 0 Å². The Hall–Kier alpha value is -3.91. The molecule has 2 unspecified atom stereocenters. The number of hydrogen-bond acceptors (Lipinski definition) is 6. The number of aromatic amines is 1. The van der Waals surface area contributed by atoms with Crippen molar-refractivity contribution in [1.82, 2.24) is 15.2 Å². The maximum atomic E-state index is 15.3. The Morgan fingerprint density at radius 3 is 2.71 bits per heavy atom. The third kappa shape index (κ3) is 5.05. The molecule has 3 aliphatic heterocycles. The summed E-state index contributed by atoms with van der Waals surface area (Å²) in [5, 5.41) is 4.42. The highest BCUT2D eigenvalue weighted by Crippen LogP contribution is 2.47. The van der Waals surface area contributed by atoms with Gasteiger partial charge in [-0.3, -0.25) is 4.90 Å². The predicted molar refractivity (Wildman–Crippen MR) is 154 cm³/mol. The third-order valence-electron chi connectivity index (χ3n) is 8.46. The summed E-state index contributed by atoms with van der Waals surface area (Å²) < 4.78 is 26.9. The Morgan fingerprint density at radius 1 is 1.15 bits per heavy atom. The first-order valence-electron chi connectivity index (χ1n) is 14.5. The summed E-state index contributed by atoms with van der Waals surface area (Å²) >= 11 is 0. The summed E-state index contributed by atoms with van der Waals surface area (Å²) in [6.45, 7) is 8.08. The molecule has 1 aromatic heterocycles. The van der Waals surface area contributed by atoms with Crippen molar-refractivity contribution in [3.63, 3.8) is 0 Å². The number of halogens is 1. The minimum Gasteiger partial charge on any atom is -0.463 e. The van der Waals surface area contributed by atoms with Gasteiger partial charge < -0.3 is 19.8 Å². The van der Waals surface area contributed by atoms with E-state index in [0.29, 0.717) is 29.0 Å². The molecule has 214 valence electrons. The van der Waals surface area contributed by atoms with Crippen molar-refractivity contribution >= 4 is 22.8 Å². The van der Waals surface area contributed by atoms with Gasteiger partial charge in [0.2, 0.25) is 0 Å². The zero-order chi connectivity index (χ0) is 28.7. The number of fused-ring (bicyclic) bond motifs is 1. The molecule has 0 amide bonds.